The number of benzene rings is 1. The van der Waals surface area contributed by atoms with Crippen LogP contribution >= 0.6 is 0 Å². The molecule has 1 aromatic rings. The average Bonchev–Trinajstić information content (AvgIpc) is 2.67. The smallest absolute Gasteiger partial charge is 0.261 e. The van der Waals surface area contributed by atoms with Gasteiger partial charge in [0.1, 0.15) is 0 Å². The van der Waals surface area contributed by atoms with Gasteiger partial charge in [-0.1, -0.05) is 30.3 Å². The summed E-state index contributed by atoms with van der Waals surface area (Å²) >= 11 is 0. The van der Waals surface area contributed by atoms with Gasteiger partial charge >= 0.3 is 0 Å². The average molecular weight is 240 g/mol. The van der Waals surface area contributed by atoms with E-state index in [2.05, 4.69) is 5.32 Å². The van der Waals surface area contributed by atoms with E-state index in [9.17, 15) is 8.78 Å². The number of halogens is 2. The fraction of sp³-hybridized carbons (Fsp3) is 0.538. The van der Waals surface area contributed by atoms with Gasteiger partial charge in [0.05, 0.1) is 6.54 Å². The van der Waals surface area contributed by atoms with Gasteiger partial charge in [-0.2, -0.15) is 0 Å². The van der Waals surface area contributed by atoms with E-state index in [0.717, 1.165) is 5.56 Å². The van der Waals surface area contributed by atoms with Crippen molar-refractivity contribution in [2.45, 2.75) is 18.4 Å². The first-order valence-electron chi connectivity index (χ1n) is 5.93. The summed E-state index contributed by atoms with van der Waals surface area (Å²) in [5.74, 6) is -2.50. The highest BCUT2D eigenvalue weighted by atomic mass is 19.3. The third-order valence-corrected chi connectivity index (χ3v) is 3.24. The van der Waals surface area contributed by atoms with Crippen molar-refractivity contribution in [1.29, 1.82) is 0 Å². The summed E-state index contributed by atoms with van der Waals surface area (Å²) < 4.78 is 26.2. The minimum atomic E-state index is -2.50. The maximum Gasteiger partial charge on any atom is 0.261 e. The molecule has 0 unspecified atom stereocenters. The van der Waals surface area contributed by atoms with Crippen molar-refractivity contribution in [2.75, 3.05) is 26.7 Å². The van der Waals surface area contributed by atoms with Crippen molar-refractivity contribution < 1.29 is 8.78 Å². The molecule has 1 fully saturated rings. The first kappa shape index (κ1) is 12.5. The van der Waals surface area contributed by atoms with Crippen LogP contribution in [0, 0.1) is 0 Å². The normalized spacial score (nSPS) is 21.6. The zero-order valence-corrected chi connectivity index (χ0v) is 10.00. The Hall–Kier alpha value is -1.00. The summed E-state index contributed by atoms with van der Waals surface area (Å²) in [6, 6.07) is 10.1. The van der Waals surface area contributed by atoms with Gasteiger partial charge in [-0.05, 0) is 12.6 Å². The molecule has 0 aromatic heterocycles. The minimum Gasteiger partial charge on any atom is -0.312 e. The number of nitrogens with zero attached hydrogens (tertiary/aromatic N) is 1. The Labute approximate surface area is 101 Å². The first-order chi connectivity index (χ1) is 8.11. The van der Waals surface area contributed by atoms with Gasteiger partial charge in [0, 0.05) is 25.6 Å². The largest absolute Gasteiger partial charge is 0.312 e. The van der Waals surface area contributed by atoms with Gasteiger partial charge < -0.3 is 5.32 Å². The molecule has 0 amide bonds. The van der Waals surface area contributed by atoms with E-state index in [4.69, 9.17) is 0 Å². The summed E-state index contributed by atoms with van der Waals surface area (Å²) in [5.41, 5.74) is 1.14. The molecule has 1 atom stereocenters. The number of hydrogen-bond acceptors (Lipinski definition) is 2. The Morgan fingerprint density at radius 1 is 1.35 bits per heavy atom. The first-order valence-corrected chi connectivity index (χ1v) is 5.93. The van der Waals surface area contributed by atoms with Crippen LogP contribution < -0.4 is 5.32 Å². The van der Waals surface area contributed by atoms with E-state index in [1.54, 1.807) is 0 Å². The van der Waals surface area contributed by atoms with E-state index in [0.29, 0.717) is 13.1 Å². The zero-order chi connectivity index (χ0) is 12.3. The third-order valence-electron chi connectivity index (χ3n) is 3.24. The highest BCUT2D eigenvalue weighted by molar-refractivity contribution is 5.19. The number of likely N-dealkylation sites (tertiary alicyclic amines) is 1. The maximum absolute atomic E-state index is 13.1. The number of hydrogen-bond donors (Lipinski definition) is 1. The molecule has 1 aliphatic heterocycles. The lowest BCUT2D eigenvalue weighted by Gasteiger charge is -2.23. The van der Waals surface area contributed by atoms with Crippen LogP contribution in [0.15, 0.2) is 30.3 Å². The fourth-order valence-corrected chi connectivity index (χ4v) is 2.27. The molecule has 94 valence electrons. The number of nitrogens with one attached hydrogen (secondary N) is 1. The van der Waals surface area contributed by atoms with Gasteiger partial charge in [0.15, 0.2) is 0 Å². The zero-order valence-electron chi connectivity index (χ0n) is 10.00. The molecule has 0 saturated carbocycles. The molecule has 0 bridgehead atoms. The van der Waals surface area contributed by atoms with E-state index in [1.807, 2.05) is 42.3 Å². The Balaban J connectivity index is 1.97. The van der Waals surface area contributed by atoms with Crippen molar-refractivity contribution in [3.8, 4) is 0 Å². The number of rotatable bonds is 4. The molecular formula is C13H18F2N2. The minimum absolute atomic E-state index is 0.0157. The van der Waals surface area contributed by atoms with Crippen LogP contribution in [0.2, 0.25) is 0 Å². The number of alkyl halides is 2. The van der Waals surface area contributed by atoms with E-state index >= 15 is 0 Å². The van der Waals surface area contributed by atoms with Crippen molar-refractivity contribution in [3.63, 3.8) is 0 Å². The van der Waals surface area contributed by atoms with E-state index in [-0.39, 0.29) is 19.0 Å². The Morgan fingerprint density at radius 3 is 2.59 bits per heavy atom. The van der Waals surface area contributed by atoms with Crippen LogP contribution in [-0.2, 0) is 0 Å². The lowest BCUT2D eigenvalue weighted by molar-refractivity contribution is 0.0115. The van der Waals surface area contributed by atoms with Crippen molar-refractivity contribution in [1.82, 2.24) is 10.2 Å². The Kier molecular flexibility index (Phi) is 3.74. The highest BCUT2D eigenvalue weighted by Gasteiger charge is 2.38. The van der Waals surface area contributed by atoms with Crippen LogP contribution in [-0.4, -0.2) is 37.5 Å². The molecule has 17 heavy (non-hydrogen) atoms. The molecule has 0 spiro atoms. The summed E-state index contributed by atoms with van der Waals surface area (Å²) in [6.07, 6.45) is -0.0157. The molecule has 2 nitrogen and oxygen atoms in total. The SMILES string of the molecule is CN[C@H](CN1CCC(F)(F)C1)c1ccccc1. The summed E-state index contributed by atoms with van der Waals surface area (Å²) in [5, 5.41) is 3.19. The van der Waals surface area contributed by atoms with Crippen LogP contribution in [0.1, 0.15) is 18.0 Å². The monoisotopic (exact) mass is 240 g/mol. The number of likely N-dealkylation sites (N-methyl/N-ethyl adjacent to an activating group) is 1. The molecule has 1 aromatic carbocycles. The lowest BCUT2D eigenvalue weighted by atomic mass is 10.1. The van der Waals surface area contributed by atoms with Gasteiger partial charge in [-0.15, -0.1) is 0 Å². The lowest BCUT2D eigenvalue weighted by Crippen LogP contribution is -2.34. The molecule has 1 N–H and O–H groups in total. The van der Waals surface area contributed by atoms with Crippen molar-refractivity contribution in [2.24, 2.45) is 0 Å². The maximum atomic E-state index is 13.1. The van der Waals surface area contributed by atoms with Gasteiger partial charge in [-0.3, -0.25) is 4.90 Å². The summed E-state index contributed by atoms with van der Waals surface area (Å²) in [4.78, 5) is 1.83. The van der Waals surface area contributed by atoms with E-state index in [1.165, 1.54) is 0 Å². The second kappa shape index (κ2) is 5.10. The van der Waals surface area contributed by atoms with Crippen molar-refractivity contribution in [3.05, 3.63) is 35.9 Å². The predicted octanol–water partition coefficient (Wildman–Crippen LogP) is 2.29. The molecule has 2 rings (SSSR count). The topological polar surface area (TPSA) is 15.3 Å². The standard InChI is InChI=1S/C13H18F2N2/c1-16-12(11-5-3-2-4-6-11)9-17-8-7-13(14,15)10-17/h2-6,12,16H,7-10H2,1H3/t12-/m1/s1. The van der Waals surface area contributed by atoms with Crippen LogP contribution in [0.4, 0.5) is 8.78 Å². The molecule has 1 aliphatic rings. The van der Waals surface area contributed by atoms with Gasteiger partial charge in [-0.25, -0.2) is 8.78 Å². The molecule has 0 aliphatic carbocycles. The molecule has 0 radical (unpaired) electrons. The van der Waals surface area contributed by atoms with Gasteiger partial charge in [0.25, 0.3) is 5.92 Å². The quantitative estimate of drug-likeness (QED) is 0.868. The summed E-state index contributed by atoms with van der Waals surface area (Å²) in [6.45, 7) is 1.01. The van der Waals surface area contributed by atoms with E-state index < -0.39 is 5.92 Å². The van der Waals surface area contributed by atoms with Crippen molar-refractivity contribution >= 4 is 0 Å². The van der Waals surface area contributed by atoms with Crippen LogP contribution in [0.25, 0.3) is 0 Å². The third kappa shape index (κ3) is 3.23. The Bertz CT molecular complexity index is 354. The molecular weight excluding hydrogens is 222 g/mol. The summed E-state index contributed by atoms with van der Waals surface area (Å²) in [7, 11) is 1.87. The van der Waals surface area contributed by atoms with Crippen LogP contribution in [0.3, 0.4) is 0 Å². The van der Waals surface area contributed by atoms with Crippen LogP contribution in [0.5, 0.6) is 0 Å². The molecule has 4 heteroatoms. The second-order valence-corrected chi connectivity index (χ2v) is 4.59. The highest BCUT2D eigenvalue weighted by Crippen LogP contribution is 2.28. The Morgan fingerprint density at radius 2 is 2.06 bits per heavy atom. The fourth-order valence-electron chi connectivity index (χ4n) is 2.27. The molecule has 1 saturated heterocycles. The predicted molar refractivity (Wildman–Crippen MR) is 64.2 cm³/mol. The van der Waals surface area contributed by atoms with Gasteiger partial charge in [0.2, 0.25) is 0 Å². The molecule has 1 heterocycles. The second-order valence-electron chi connectivity index (χ2n) is 4.59.